The first-order chi connectivity index (χ1) is 7.29. The minimum Gasteiger partial charge on any atom is -0.388 e. The van der Waals surface area contributed by atoms with Gasteiger partial charge in [-0.1, -0.05) is 0 Å². The summed E-state index contributed by atoms with van der Waals surface area (Å²) in [7, 11) is 0. The van der Waals surface area contributed by atoms with Gasteiger partial charge in [0.05, 0.1) is 5.60 Å². The molecule has 2 heterocycles. The zero-order chi connectivity index (χ0) is 10.6. The highest BCUT2D eigenvalue weighted by atomic mass is 32.1. The molecule has 1 saturated heterocycles. The van der Waals surface area contributed by atoms with E-state index in [4.69, 9.17) is 4.74 Å². The van der Waals surface area contributed by atoms with Crippen molar-refractivity contribution in [3.8, 4) is 0 Å². The van der Waals surface area contributed by atoms with Crippen molar-refractivity contribution in [2.45, 2.75) is 25.0 Å². The van der Waals surface area contributed by atoms with Crippen molar-refractivity contribution >= 4 is 11.3 Å². The van der Waals surface area contributed by atoms with E-state index < -0.39 is 5.60 Å². The average molecular weight is 228 g/mol. The highest BCUT2D eigenvalue weighted by Gasteiger charge is 2.29. The highest BCUT2D eigenvalue weighted by Crippen LogP contribution is 2.19. The molecule has 0 aliphatic carbocycles. The number of ether oxygens (including phenoxy) is 1. The molecule has 2 rings (SSSR count). The van der Waals surface area contributed by atoms with E-state index in [1.165, 1.54) is 0 Å². The van der Waals surface area contributed by atoms with Gasteiger partial charge in [-0.05, 0) is 0 Å². The Morgan fingerprint density at radius 1 is 1.53 bits per heavy atom. The van der Waals surface area contributed by atoms with Crippen molar-refractivity contribution in [2.24, 2.45) is 0 Å². The summed E-state index contributed by atoms with van der Waals surface area (Å²) in [6.07, 6.45) is 3.24. The lowest BCUT2D eigenvalue weighted by Crippen LogP contribution is -2.44. The molecule has 1 aromatic heterocycles. The van der Waals surface area contributed by atoms with Gasteiger partial charge in [0.1, 0.15) is 5.01 Å². The topological polar surface area (TPSA) is 54.4 Å². The third-order valence-corrected chi connectivity index (χ3v) is 3.42. The number of rotatable bonds is 4. The molecule has 2 N–H and O–H groups in total. The van der Waals surface area contributed by atoms with Crippen LogP contribution < -0.4 is 5.32 Å². The lowest BCUT2D eigenvalue weighted by atomic mass is 9.94. The Morgan fingerprint density at radius 3 is 3.00 bits per heavy atom. The summed E-state index contributed by atoms with van der Waals surface area (Å²) < 4.78 is 5.22. The zero-order valence-electron chi connectivity index (χ0n) is 8.61. The van der Waals surface area contributed by atoms with Crippen LogP contribution in [0, 0.1) is 0 Å². The van der Waals surface area contributed by atoms with E-state index in [0.29, 0.717) is 19.8 Å². The Kier molecular flexibility index (Phi) is 3.69. The van der Waals surface area contributed by atoms with Gasteiger partial charge in [-0.3, -0.25) is 0 Å². The van der Waals surface area contributed by atoms with Crippen LogP contribution in [0.15, 0.2) is 11.6 Å². The van der Waals surface area contributed by atoms with Gasteiger partial charge in [0, 0.05) is 50.7 Å². The Labute approximate surface area is 93.3 Å². The number of hydrogen-bond acceptors (Lipinski definition) is 5. The first-order valence-electron chi connectivity index (χ1n) is 5.18. The van der Waals surface area contributed by atoms with Gasteiger partial charge in [0.2, 0.25) is 0 Å². The molecule has 0 atom stereocenters. The molecule has 84 valence electrons. The number of aliphatic hydroxyl groups is 1. The molecule has 0 spiro atoms. The predicted octanol–water partition coefficient (Wildman–Crippen LogP) is 0.774. The van der Waals surface area contributed by atoms with Crippen molar-refractivity contribution in [3.63, 3.8) is 0 Å². The number of aromatic nitrogens is 1. The third-order valence-electron chi connectivity index (χ3n) is 2.64. The Morgan fingerprint density at radius 2 is 2.33 bits per heavy atom. The molecule has 0 bridgehead atoms. The maximum absolute atomic E-state index is 10.1. The maximum atomic E-state index is 10.1. The van der Waals surface area contributed by atoms with Crippen LogP contribution in [0.25, 0.3) is 0 Å². The lowest BCUT2D eigenvalue weighted by molar-refractivity contribution is -0.0617. The van der Waals surface area contributed by atoms with E-state index in [1.54, 1.807) is 17.5 Å². The standard InChI is InChI=1S/C10H16N2O2S/c13-10(1-4-14-5-2-10)8-11-7-9-12-3-6-15-9/h3,6,11,13H,1-2,4-5,7-8H2. The molecule has 0 radical (unpaired) electrons. The number of nitrogens with one attached hydrogen (secondary N) is 1. The molecule has 5 heteroatoms. The average Bonchev–Trinajstić information content (AvgIpc) is 2.71. The van der Waals surface area contributed by atoms with Crippen LogP contribution in [-0.4, -0.2) is 35.5 Å². The summed E-state index contributed by atoms with van der Waals surface area (Å²) in [5, 5.41) is 16.4. The molecule has 1 aliphatic heterocycles. The molecule has 0 saturated carbocycles. The van der Waals surface area contributed by atoms with E-state index in [2.05, 4.69) is 10.3 Å². The fourth-order valence-electron chi connectivity index (χ4n) is 1.67. The maximum Gasteiger partial charge on any atom is 0.106 e. The third kappa shape index (κ3) is 3.24. The van der Waals surface area contributed by atoms with Crippen LogP contribution in [0.1, 0.15) is 17.8 Å². The van der Waals surface area contributed by atoms with Crippen LogP contribution in [0.3, 0.4) is 0 Å². The summed E-state index contributed by atoms with van der Waals surface area (Å²) >= 11 is 1.63. The van der Waals surface area contributed by atoms with Crippen molar-refractivity contribution in [2.75, 3.05) is 19.8 Å². The quantitative estimate of drug-likeness (QED) is 0.799. The fraction of sp³-hybridized carbons (Fsp3) is 0.700. The minimum atomic E-state index is -0.588. The molecule has 0 aromatic carbocycles. The first-order valence-corrected chi connectivity index (χ1v) is 6.06. The van der Waals surface area contributed by atoms with Crippen LogP contribution in [0.4, 0.5) is 0 Å². The second kappa shape index (κ2) is 5.03. The Bertz CT molecular complexity index is 284. The van der Waals surface area contributed by atoms with Gasteiger partial charge < -0.3 is 15.2 Å². The molecule has 15 heavy (non-hydrogen) atoms. The van der Waals surface area contributed by atoms with E-state index >= 15 is 0 Å². The second-order valence-corrected chi connectivity index (χ2v) is 4.85. The van der Waals surface area contributed by atoms with Crippen molar-refractivity contribution in [1.29, 1.82) is 0 Å². The Balaban J connectivity index is 1.72. The van der Waals surface area contributed by atoms with Crippen molar-refractivity contribution in [1.82, 2.24) is 10.3 Å². The van der Waals surface area contributed by atoms with Gasteiger partial charge in [0.15, 0.2) is 0 Å². The second-order valence-electron chi connectivity index (χ2n) is 3.87. The number of nitrogens with zero attached hydrogens (tertiary/aromatic N) is 1. The predicted molar refractivity (Wildman–Crippen MR) is 58.8 cm³/mol. The van der Waals surface area contributed by atoms with Crippen molar-refractivity contribution < 1.29 is 9.84 Å². The molecule has 1 aromatic rings. The summed E-state index contributed by atoms with van der Waals surface area (Å²) in [5.74, 6) is 0. The molecule has 1 fully saturated rings. The zero-order valence-corrected chi connectivity index (χ0v) is 9.42. The van der Waals surface area contributed by atoms with Gasteiger partial charge in [0.25, 0.3) is 0 Å². The van der Waals surface area contributed by atoms with Crippen LogP contribution in [0.5, 0.6) is 0 Å². The van der Waals surface area contributed by atoms with E-state index in [-0.39, 0.29) is 0 Å². The number of thiazole rings is 1. The molecular formula is C10H16N2O2S. The first kappa shape index (κ1) is 11.0. The van der Waals surface area contributed by atoms with E-state index in [9.17, 15) is 5.11 Å². The number of hydrogen-bond donors (Lipinski definition) is 2. The smallest absolute Gasteiger partial charge is 0.106 e. The summed E-state index contributed by atoms with van der Waals surface area (Å²) in [5.41, 5.74) is -0.588. The van der Waals surface area contributed by atoms with Crippen LogP contribution >= 0.6 is 11.3 Å². The molecular weight excluding hydrogens is 212 g/mol. The summed E-state index contributed by atoms with van der Waals surface area (Å²) in [6.45, 7) is 2.68. The van der Waals surface area contributed by atoms with Gasteiger partial charge >= 0.3 is 0 Å². The summed E-state index contributed by atoms with van der Waals surface area (Å²) in [4.78, 5) is 4.17. The highest BCUT2D eigenvalue weighted by molar-refractivity contribution is 7.09. The van der Waals surface area contributed by atoms with Gasteiger partial charge in [-0.2, -0.15) is 0 Å². The van der Waals surface area contributed by atoms with E-state index in [0.717, 1.165) is 24.4 Å². The normalized spacial score (nSPS) is 20.3. The van der Waals surface area contributed by atoms with Gasteiger partial charge in [-0.15, -0.1) is 11.3 Å². The lowest BCUT2D eigenvalue weighted by Gasteiger charge is -2.32. The van der Waals surface area contributed by atoms with Crippen molar-refractivity contribution in [3.05, 3.63) is 16.6 Å². The SMILES string of the molecule is OC1(CNCc2nccs2)CCOCC1. The molecule has 0 amide bonds. The molecule has 1 aliphatic rings. The Hall–Kier alpha value is -0.490. The summed E-state index contributed by atoms with van der Waals surface area (Å²) in [6, 6.07) is 0. The fourth-order valence-corrected chi connectivity index (χ4v) is 2.26. The molecule has 4 nitrogen and oxygen atoms in total. The van der Waals surface area contributed by atoms with Gasteiger partial charge in [-0.25, -0.2) is 4.98 Å². The monoisotopic (exact) mass is 228 g/mol. The molecule has 0 unspecified atom stereocenters. The van der Waals surface area contributed by atoms with E-state index in [1.807, 2.05) is 5.38 Å². The largest absolute Gasteiger partial charge is 0.388 e. The van der Waals surface area contributed by atoms with Crippen LogP contribution in [0.2, 0.25) is 0 Å². The minimum absolute atomic E-state index is 0.588. The van der Waals surface area contributed by atoms with Crippen LogP contribution in [-0.2, 0) is 11.3 Å².